The largest absolute Gasteiger partial charge is 0.497 e. The topological polar surface area (TPSA) is 71.5 Å². The molecule has 0 radical (unpaired) electrons. The Morgan fingerprint density at radius 1 is 1.24 bits per heavy atom. The van der Waals surface area contributed by atoms with E-state index in [0.29, 0.717) is 14.4 Å². The second-order valence-electron chi connectivity index (χ2n) is 7.39. The van der Waals surface area contributed by atoms with Crippen molar-refractivity contribution in [1.82, 2.24) is 9.88 Å². The van der Waals surface area contributed by atoms with Crippen LogP contribution in [0.4, 0.5) is 5.13 Å². The maximum Gasteiger partial charge on any atom is 0.266 e. The Balaban J connectivity index is 1.36. The number of aryl methyl sites for hydroxylation is 1. The summed E-state index contributed by atoms with van der Waals surface area (Å²) in [7, 11) is 1.60. The average Bonchev–Trinajstić information content (AvgIpc) is 3.33. The van der Waals surface area contributed by atoms with Crippen molar-refractivity contribution < 1.29 is 14.3 Å². The van der Waals surface area contributed by atoms with Gasteiger partial charge in [0.05, 0.1) is 12.0 Å². The quantitative estimate of drug-likeness (QED) is 0.372. The molecule has 0 saturated carbocycles. The fourth-order valence-corrected chi connectivity index (χ4v) is 5.38. The number of aromatic nitrogens is 1. The molecule has 6 nitrogen and oxygen atoms in total. The number of anilines is 1. The fraction of sp³-hybridized carbons (Fsp3) is 0.167. The van der Waals surface area contributed by atoms with E-state index in [4.69, 9.17) is 17.0 Å². The Bertz CT molecular complexity index is 1240. The van der Waals surface area contributed by atoms with Gasteiger partial charge in [0.1, 0.15) is 16.6 Å². The number of amides is 2. The first-order valence-electron chi connectivity index (χ1n) is 10.1. The number of rotatable bonds is 7. The van der Waals surface area contributed by atoms with Gasteiger partial charge in [-0.3, -0.25) is 14.5 Å². The number of nitrogens with one attached hydrogen (secondary N) is 1. The number of ether oxygens (including phenoxy) is 1. The Hall–Kier alpha value is -3.01. The van der Waals surface area contributed by atoms with Crippen LogP contribution in [0.2, 0.25) is 0 Å². The summed E-state index contributed by atoms with van der Waals surface area (Å²) in [5.41, 5.74) is 3.25. The number of thioether (sulfide) groups is 1. The molecule has 1 aliphatic heterocycles. The molecule has 1 aliphatic rings. The summed E-state index contributed by atoms with van der Waals surface area (Å²) in [5, 5.41) is 3.28. The Morgan fingerprint density at radius 3 is 2.76 bits per heavy atom. The third-order valence-corrected chi connectivity index (χ3v) is 7.14. The molecular formula is C24H21N3O3S3. The lowest BCUT2D eigenvalue weighted by Gasteiger charge is -2.13. The van der Waals surface area contributed by atoms with Gasteiger partial charge in [0.25, 0.3) is 5.91 Å². The number of methoxy groups -OCH3 is 1. The molecule has 0 aliphatic carbocycles. The SMILES string of the molecule is COc1ccc(/C=C2\SC(=S)N(CC(=O)Nc3ncc(Cc4cccc(C)c4)s3)C2=O)cc1. The van der Waals surface area contributed by atoms with E-state index in [1.807, 2.05) is 30.3 Å². The molecule has 0 bridgehead atoms. The van der Waals surface area contributed by atoms with Crippen LogP contribution in [0.15, 0.2) is 59.6 Å². The number of hydrogen-bond donors (Lipinski definition) is 1. The maximum absolute atomic E-state index is 12.8. The minimum Gasteiger partial charge on any atom is -0.497 e. The van der Waals surface area contributed by atoms with Crippen LogP contribution in [-0.2, 0) is 16.0 Å². The second-order valence-corrected chi connectivity index (χ2v) is 10.2. The normalized spacial score (nSPS) is 14.7. The summed E-state index contributed by atoms with van der Waals surface area (Å²) in [6.07, 6.45) is 4.27. The highest BCUT2D eigenvalue weighted by Gasteiger charge is 2.33. The van der Waals surface area contributed by atoms with E-state index in [1.54, 1.807) is 19.4 Å². The summed E-state index contributed by atoms with van der Waals surface area (Å²) in [4.78, 5) is 32.5. The van der Waals surface area contributed by atoms with E-state index in [-0.39, 0.29) is 18.4 Å². The molecule has 2 amide bonds. The summed E-state index contributed by atoms with van der Waals surface area (Å²) < 4.78 is 5.51. The summed E-state index contributed by atoms with van der Waals surface area (Å²) in [5.74, 6) is 0.115. The highest BCUT2D eigenvalue weighted by molar-refractivity contribution is 8.26. The zero-order chi connectivity index (χ0) is 23.4. The smallest absolute Gasteiger partial charge is 0.266 e. The molecule has 168 valence electrons. The standard InChI is InChI=1S/C24H21N3O3S3/c1-15-4-3-5-17(10-15)11-19-13-25-23(32-19)26-21(28)14-27-22(29)20(33-24(27)31)12-16-6-8-18(30-2)9-7-16/h3-10,12-13H,11,14H2,1-2H3,(H,25,26,28)/b20-12-. The maximum atomic E-state index is 12.8. The summed E-state index contributed by atoms with van der Waals surface area (Å²) >= 11 is 7.94. The highest BCUT2D eigenvalue weighted by atomic mass is 32.2. The minimum atomic E-state index is -0.339. The fourth-order valence-electron chi connectivity index (χ4n) is 3.26. The molecule has 1 N–H and O–H groups in total. The molecule has 2 heterocycles. The van der Waals surface area contributed by atoms with Gasteiger partial charge in [-0.05, 0) is 36.3 Å². The van der Waals surface area contributed by atoms with Crippen molar-refractivity contribution in [3.05, 3.63) is 81.2 Å². The van der Waals surface area contributed by atoms with Gasteiger partial charge in [0.2, 0.25) is 5.91 Å². The van der Waals surface area contributed by atoms with Crippen LogP contribution in [0.1, 0.15) is 21.6 Å². The van der Waals surface area contributed by atoms with Crippen LogP contribution < -0.4 is 10.1 Å². The molecule has 0 spiro atoms. The van der Waals surface area contributed by atoms with Crippen molar-refractivity contribution in [3.8, 4) is 5.75 Å². The second kappa shape index (κ2) is 10.3. The van der Waals surface area contributed by atoms with Gasteiger partial charge in [-0.15, -0.1) is 11.3 Å². The van der Waals surface area contributed by atoms with Gasteiger partial charge >= 0.3 is 0 Å². The van der Waals surface area contributed by atoms with Crippen LogP contribution >= 0.6 is 35.3 Å². The predicted molar refractivity (Wildman–Crippen MR) is 138 cm³/mol. The first kappa shape index (κ1) is 23.2. The van der Waals surface area contributed by atoms with Gasteiger partial charge in [-0.1, -0.05) is 65.9 Å². The van der Waals surface area contributed by atoms with Crippen molar-refractivity contribution in [2.45, 2.75) is 13.3 Å². The van der Waals surface area contributed by atoms with Gasteiger partial charge in [0.15, 0.2) is 5.13 Å². The molecule has 1 fully saturated rings. The molecule has 0 atom stereocenters. The lowest BCUT2D eigenvalue weighted by Crippen LogP contribution is -2.36. The lowest BCUT2D eigenvalue weighted by atomic mass is 10.1. The molecule has 2 aromatic carbocycles. The average molecular weight is 496 g/mol. The Labute approximate surface area is 205 Å². The highest BCUT2D eigenvalue weighted by Crippen LogP contribution is 2.32. The molecule has 3 aromatic rings. The molecule has 33 heavy (non-hydrogen) atoms. The van der Waals surface area contributed by atoms with Crippen molar-refractivity contribution in [2.75, 3.05) is 19.0 Å². The molecule has 0 unspecified atom stereocenters. The van der Waals surface area contributed by atoms with Crippen molar-refractivity contribution >= 4 is 62.7 Å². The number of carbonyl (C=O) groups excluding carboxylic acids is 2. The van der Waals surface area contributed by atoms with Gasteiger partial charge < -0.3 is 10.1 Å². The van der Waals surface area contributed by atoms with Crippen molar-refractivity contribution in [1.29, 1.82) is 0 Å². The third-order valence-electron chi connectivity index (χ3n) is 4.85. The van der Waals surface area contributed by atoms with Gasteiger partial charge in [-0.2, -0.15) is 0 Å². The zero-order valence-electron chi connectivity index (χ0n) is 18.0. The van der Waals surface area contributed by atoms with Crippen LogP contribution in [0.5, 0.6) is 5.75 Å². The van der Waals surface area contributed by atoms with Crippen LogP contribution in [0.25, 0.3) is 6.08 Å². The van der Waals surface area contributed by atoms with Crippen molar-refractivity contribution in [3.63, 3.8) is 0 Å². The monoisotopic (exact) mass is 495 g/mol. The molecule has 9 heteroatoms. The number of nitrogens with zero attached hydrogens (tertiary/aromatic N) is 2. The van der Waals surface area contributed by atoms with Crippen LogP contribution in [0.3, 0.4) is 0 Å². The number of thiocarbonyl (C=S) groups is 1. The number of benzene rings is 2. The number of thiazole rings is 1. The van der Waals surface area contributed by atoms with E-state index >= 15 is 0 Å². The van der Waals surface area contributed by atoms with Crippen LogP contribution in [0, 0.1) is 6.92 Å². The molecule has 4 rings (SSSR count). The van der Waals surface area contributed by atoms with Gasteiger partial charge in [0, 0.05) is 17.5 Å². The van der Waals surface area contributed by atoms with E-state index in [2.05, 4.69) is 35.4 Å². The molecule has 1 aromatic heterocycles. The predicted octanol–water partition coefficient (Wildman–Crippen LogP) is 4.89. The molecular weight excluding hydrogens is 474 g/mol. The first-order valence-corrected chi connectivity index (χ1v) is 12.1. The summed E-state index contributed by atoms with van der Waals surface area (Å²) in [6.45, 7) is 1.90. The Kier molecular flexibility index (Phi) is 7.22. The van der Waals surface area contributed by atoms with E-state index in [9.17, 15) is 9.59 Å². The third kappa shape index (κ3) is 5.87. The van der Waals surface area contributed by atoms with E-state index in [1.165, 1.54) is 39.1 Å². The number of carbonyl (C=O) groups is 2. The summed E-state index contributed by atoms with van der Waals surface area (Å²) in [6, 6.07) is 15.6. The first-order chi connectivity index (χ1) is 15.9. The van der Waals surface area contributed by atoms with E-state index < -0.39 is 0 Å². The van der Waals surface area contributed by atoms with Crippen LogP contribution in [-0.4, -0.2) is 39.7 Å². The number of hydrogen-bond acceptors (Lipinski definition) is 7. The zero-order valence-corrected chi connectivity index (χ0v) is 20.5. The van der Waals surface area contributed by atoms with Gasteiger partial charge in [-0.25, -0.2) is 4.98 Å². The Morgan fingerprint density at radius 2 is 2.03 bits per heavy atom. The minimum absolute atomic E-state index is 0.155. The molecule has 1 saturated heterocycles. The van der Waals surface area contributed by atoms with Crippen molar-refractivity contribution in [2.24, 2.45) is 0 Å². The van der Waals surface area contributed by atoms with E-state index in [0.717, 1.165) is 22.6 Å². The lowest BCUT2D eigenvalue weighted by molar-refractivity contribution is -0.126.